The van der Waals surface area contributed by atoms with Crippen LogP contribution in [0.4, 0.5) is 5.69 Å². The van der Waals surface area contributed by atoms with Crippen molar-refractivity contribution < 1.29 is 9.59 Å². The van der Waals surface area contributed by atoms with E-state index in [1.807, 2.05) is 38.1 Å². The minimum Gasteiger partial charge on any atom is -0.335 e. The molecule has 2 amide bonds. The van der Waals surface area contributed by atoms with E-state index in [1.165, 1.54) is 0 Å². The average molecular weight is 284 g/mol. The summed E-state index contributed by atoms with van der Waals surface area (Å²) in [5.74, 6) is 0.0935. The zero-order valence-electron chi connectivity index (χ0n) is 12.5. The third-order valence-electron chi connectivity index (χ3n) is 4.70. The lowest BCUT2D eigenvalue weighted by atomic mass is 9.67. The Morgan fingerprint density at radius 1 is 1.43 bits per heavy atom. The van der Waals surface area contributed by atoms with Crippen LogP contribution < -0.4 is 5.32 Å². The van der Waals surface area contributed by atoms with E-state index in [0.29, 0.717) is 19.4 Å². The minimum absolute atomic E-state index is 0.0114. The van der Waals surface area contributed by atoms with Crippen LogP contribution >= 0.6 is 0 Å². The van der Waals surface area contributed by atoms with Crippen LogP contribution in [0, 0.1) is 0 Å². The Bertz CT molecular complexity index is 637. The Balaban J connectivity index is 2.21. The molecule has 0 bridgehead atoms. The van der Waals surface area contributed by atoms with E-state index < -0.39 is 5.41 Å². The predicted octanol–water partition coefficient (Wildman–Crippen LogP) is 2.46. The highest BCUT2D eigenvalue weighted by molar-refractivity contribution is 6.08. The molecule has 21 heavy (non-hydrogen) atoms. The molecule has 1 saturated heterocycles. The van der Waals surface area contributed by atoms with E-state index in [9.17, 15) is 9.59 Å². The van der Waals surface area contributed by atoms with Gasteiger partial charge in [0.1, 0.15) is 5.41 Å². The van der Waals surface area contributed by atoms with Crippen molar-refractivity contribution in [2.45, 2.75) is 38.1 Å². The molecule has 2 heterocycles. The first-order chi connectivity index (χ1) is 10.0. The molecule has 1 aromatic carbocycles. The molecular formula is C17H20N2O2. The molecule has 2 unspecified atom stereocenters. The molecule has 3 rings (SSSR count). The number of hydrogen-bond donors (Lipinski definition) is 1. The van der Waals surface area contributed by atoms with E-state index in [1.54, 1.807) is 4.90 Å². The molecule has 1 fully saturated rings. The third-order valence-corrected chi connectivity index (χ3v) is 4.70. The highest BCUT2D eigenvalue weighted by atomic mass is 16.2. The Kier molecular flexibility index (Phi) is 3.12. The third kappa shape index (κ3) is 1.75. The van der Waals surface area contributed by atoms with Crippen molar-refractivity contribution in [3.63, 3.8) is 0 Å². The number of piperidine rings is 1. The van der Waals surface area contributed by atoms with Gasteiger partial charge in [0.15, 0.2) is 0 Å². The highest BCUT2D eigenvalue weighted by Gasteiger charge is 2.57. The normalized spacial score (nSPS) is 27.7. The molecule has 0 aliphatic carbocycles. The largest absolute Gasteiger partial charge is 0.335 e. The number of nitrogens with zero attached hydrogens (tertiary/aromatic N) is 1. The average Bonchev–Trinajstić information content (AvgIpc) is 2.74. The smallest absolute Gasteiger partial charge is 0.237 e. The van der Waals surface area contributed by atoms with Gasteiger partial charge in [0.2, 0.25) is 11.8 Å². The fourth-order valence-corrected chi connectivity index (χ4v) is 3.90. The van der Waals surface area contributed by atoms with Gasteiger partial charge in [-0.3, -0.25) is 9.59 Å². The molecule has 110 valence electrons. The Hall–Kier alpha value is -2.10. The van der Waals surface area contributed by atoms with E-state index in [2.05, 4.69) is 11.9 Å². The minimum atomic E-state index is -0.688. The Labute approximate surface area is 124 Å². The van der Waals surface area contributed by atoms with Crippen LogP contribution in [0.1, 0.15) is 32.3 Å². The van der Waals surface area contributed by atoms with E-state index in [4.69, 9.17) is 0 Å². The van der Waals surface area contributed by atoms with Gasteiger partial charge in [-0.15, -0.1) is 0 Å². The quantitative estimate of drug-likeness (QED) is 0.848. The van der Waals surface area contributed by atoms with Gasteiger partial charge in [-0.05, 0) is 31.9 Å². The van der Waals surface area contributed by atoms with Gasteiger partial charge in [-0.25, -0.2) is 0 Å². The maximum Gasteiger partial charge on any atom is 0.237 e. The number of carbonyl (C=O) groups is 2. The van der Waals surface area contributed by atoms with Gasteiger partial charge in [0, 0.05) is 18.7 Å². The van der Waals surface area contributed by atoms with Crippen molar-refractivity contribution in [1.29, 1.82) is 0 Å². The first-order valence-electron chi connectivity index (χ1n) is 7.38. The van der Waals surface area contributed by atoms with Crippen LogP contribution in [0.15, 0.2) is 36.4 Å². The summed E-state index contributed by atoms with van der Waals surface area (Å²) in [6.45, 7) is 8.51. The fraction of sp³-hybridized carbons (Fsp3) is 0.412. The predicted molar refractivity (Wildman–Crippen MR) is 82.0 cm³/mol. The standard InChI is InChI=1S/C17H20N2O2/c1-4-19-14(20)9-10-17(15(19)11(2)3)12-7-5-6-8-13(12)18-16(17)21/h5-8,15H,2,4,9-10H2,1,3H3,(H,18,21). The summed E-state index contributed by atoms with van der Waals surface area (Å²) in [5.41, 5.74) is 2.02. The molecule has 2 aliphatic heterocycles. The van der Waals surface area contributed by atoms with Crippen molar-refractivity contribution >= 4 is 17.5 Å². The van der Waals surface area contributed by atoms with Crippen molar-refractivity contribution in [3.8, 4) is 0 Å². The number of likely N-dealkylation sites (N-methyl/N-ethyl adjacent to an activating group) is 1. The summed E-state index contributed by atoms with van der Waals surface area (Å²) in [7, 11) is 0. The first kappa shape index (κ1) is 13.9. The molecule has 1 spiro atoms. The van der Waals surface area contributed by atoms with Crippen LogP contribution in [0.5, 0.6) is 0 Å². The molecule has 0 aromatic heterocycles. The number of anilines is 1. The number of fused-ring (bicyclic) bond motifs is 2. The van der Waals surface area contributed by atoms with E-state index in [0.717, 1.165) is 16.8 Å². The van der Waals surface area contributed by atoms with Crippen LogP contribution in [-0.4, -0.2) is 29.3 Å². The molecule has 1 aromatic rings. The number of amides is 2. The second-order valence-corrected chi connectivity index (χ2v) is 5.90. The Morgan fingerprint density at radius 2 is 2.14 bits per heavy atom. The number of rotatable bonds is 2. The SMILES string of the molecule is C=C(C)C1N(CC)C(=O)CCC12C(=O)Nc1ccccc12. The topological polar surface area (TPSA) is 49.4 Å². The zero-order chi connectivity index (χ0) is 15.2. The van der Waals surface area contributed by atoms with Gasteiger partial charge in [-0.2, -0.15) is 0 Å². The maximum absolute atomic E-state index is 12.8. The van der Waals surface area contributed by atoms with E-state index in [-0.39, 0.29) is 17.9 Å². The lowest BCUT2D eigenvalue weighted by Crippen LogP contribution is -2.60. The van der Waals surface area contributed by atoms with Gasteiger partial charge >= 0.3 is 0 Å². The van der Waals surface area contributed by atoms with Gasteiger partial charge in [-0.1, -0.05) is 30.4 Å². The summed E-state index contributed by atoms with van der Waals surface area (Å²) in [6.07, 6.45) is 0.947. The molecule has 2 atom stereocenters. The first-order valence-corrected chi connectivity index (χ1v) is 7.38. The number of benzene rings is 1. The molecule has 4 heteroatoms. The summed E-state index contributed by atoms with van der Waals surface area (Å²) >= 11 is 0. The van der Waals surface area contributed by atoms with Gasteiger partial charge in [0.25, 0.3) is 0 Å². The number of carbonyl (C=O) groups excluding carboxylic acids is 2. The highest BCUT2D eigenvalue weighted by Crippen LogP contribution is 2.49. The summed E-state index contributed by atoms with van der Waals surface area (Å²) in [4.78, 5) is 26.9. The maximum atomic E-state index is 12.8. The van der Waals surface area contributed by atoms with Crippen LogP contribution in [0.3, 0.4) is 0 Å². The van der Waals surface area contributed by atoms with Crippen molar-refractivity contribution in [2.24, 2.45) is 0 Å². The van der Waals surface area contributed by atoms with Crippen LogP contribution in [0.2, 0.25) is 0 Å². The molecule has 0 radical (unpaired) electrons. The zero-order valence-corrected chi connectivity index (χ0v) is 12.5. The molecular weight excluding hydrogens is 264 g/mol. The summed E-state index contributed by atoms with van der Waals surface area (Å²) in [5, 5.41) is 2.98. The molecule has 1 N–H and O–H groups in total. The molecule has 0 saturated carbocycles. The second-order valence-electron chi connectivity index (χ2n) is 5.90. The van der Waals surface area contributed by atoms with Gasteiger partial charge < -0.3 is 10.2 Å². The molecule has 4 nitrogen and oxygen atoms in total. The lowest BCUT2D eigenvalue weighted by Gasteiger charge is -2.47. The Morgan fingerprint density at radius 3 is 2.81 bits per heavy atom. The summed E-state index contributed by atoms with van der Waals surface area (Å²) < 4.78 is 0. The summed E-state index contributed by atoms with van der Waals surface area (Å²) in [6, 6.07) is 7.51. The van der Waals surface area contributed by atoms with Crippen molar-refractivity contribution in [3.05, 3.63) is 42.0 Å². The fourth-order valence-electron chi connectivity index (χ4n) is 3.90. The van der Waals surface area contributed by atoms with Crippen LogP contribution in [-0.2, 0) is 15.0 Å². The second kappa shape index (κ2) is 4.72. The number of nitrogens with one attached hydrogen (secondary N) is 1. The number of para-hydroxylation sites is 1. The number of hydrogen-bond acceptors (Lipinski definition) is 2. The molecule has 2 aliphatic rings. The monoisotopic (exact) mass is 284 g/mol. The van der Waals surface area contributed by atoms with Gasteiger partial charge in [0.05, 0.1) is 6.04 Å². The van der Waals surface area contributed by atoms with Crippen molar-refractivity contribution in [2.75, 3.05) is 11.9 Å². The lowest BCUT2D eigenvalue weighted by molar-refractivity contribution is -0.141. The number of likely N-dealkylation sites (tertiary alicyclic amines) is 1. The van der Waals surface area contributed by atoms with Crippen LogP contribution in [0.25, 0.3) is 0 Å². The van der Waals surface area contributed by atoms with E-state index >= 15 is 0 Å². The van der Waals surface area contributed by atoms with Crippen molar-refractivity contribution in [1.82, 2.24) is 4.90 Å².